The van der Waals surface area contributed by atoms with Gasteiger partial charge in [0, 0.05) is 0 Å². The zero-order chi connectivity index (χ0) is 11.6. The Hall–Kier alpha value is -0.300. The second-order valence-electron chi connectivity index (χ2n) is 7.06. The van der Waals surface area contributed by atoms with Crippen molar-refractivity contribution in [1.82, 2.24) is 0 Å². The predicted octanol–water partition coefficient (Wildman–Crippen LogP) is 3.94. The molecule has 3 fully saturated rings. The number of hydrogen-bond acceptors (Lipinski definition) is 1. The van der Waals surface area contributed by atoms with Crippen LogP contribution in [0, 0.1) is 17.3 Å². The van der Waals surface area contributed by atoms with Crippen LogP contribution in [-0.4, -0.2) is 11.7 Å². The van der Waals surface area contributed by atoms with E-state index in [1.807, 2.05) is 0 Å². The molecule has 3 aliphatic rings. The summed E-state index contributed by atoms with van der Waals surface area (Å²) in [5, 5.41) is 0. The molecule has 1 heteroatoms. The summed E-state index contributed by atoms with van der Waals surface area (Å²) in [7, 11) is 0. The maximum Gasteiger partial charge on any atom is 0.0920 e. The van der Waals surface area contributed by atoms with Crippen LogP contribution in [0.2, 0.25) is 0 Å². The number of epoxide rings is 1. The minimum Gasteiger partial charge on any atom is -0.366 e. The number of fused-ring (bicyclic) bond motifs is 2. The van der Waals surface area contributed by atoms with E-state index >= 15 is 0 Å². The summed E-state index contributed by atoms with van der Waals surface area (Å²) in [5.41, 5.74) is 2.27. The van der Waals surface area contributed by atoms with E-state index in [2.05, 4.69) is 27.4 Å². The Kier molecular flexibility index (Phi) is 2.12. The van der Waals surface area contributed by atoms with Gasteiger partial charge in [0.05, 0.1) is 11.7 Å². The van der Waals surface area contributed by atoms with E-state index in [9.17, 15) is 0 Å². The van der Waals surface area contributed by atoms with Crippen molar-refractivity contribution in [1.29, 1.82) is 0 Å². The van der Waals surface area contributed by atoms with Crippen molar-refractivity contribution in [2.24, 2.45) is 17.3 Å². The lowest BCUT2D eigenvalue weighted by molar-refractivity contribution is -0.00211. The first kappa shape index (κ1) is 10.8. The summed E-state index contributed by atoms with van der Waals surface area (Å²) in [4.78, 5) is 0. The SMILES string of the molecule is C=C1CCC2OC2(C)CC[C@H]2[C@H]1CC2(C)C. The standard InChI is InChI=1S/C15H24O/c1-10-5-6-13-15(4,16-13)8-7-12-11(10)9-14(12,2)3/h11-13H,1,5-9H2,2-4H3/t11-,12-,13?,15?/m0/s1. The molecule has 4 atom stereocenters. The van der Waals surface area contributed by atoms with Crippen LogP contribution in [-0.2, 0) is 4.74 Å². The maximum absolute atomic E-state index is 5.86. The topological polar surface area (TPSA) is 12.5 Å². The third-order valence-corrected chi connectivity index (χ3v) is 5.47. The van der Waals surface area contributed by atoms with Gasteiger partial charge in [-0.3, -0.25) is 0 Å². The molecule has 90 valence electrons. The summed E-state index contributed by atoms with van der Waals surface area (Å²) >= 11 is 0. The molecule has 2 aliphatic carbocycles. The molecule has 0 aromatic carbocycles. The third-order valence-electron chi connectivity index (χ3n) is 5.47. The molecule has 1 nitrogen and oxygen atoms in total. The minimum atomic E-state index is 0.223. The lowest BCUT2D eigenvalue weighted by Crippen LogP contribution is -2.44. The average Bonchev–Trinajstić information content (AvgIpc) is 2.82. The first-order valence-corrected chi connectivity index (χ1v) is 6.78. The maximum atomic E-state index is 5.86. The van der Waals surface area contributed by atoms with Crippen LogP contribution >= 0.6 is 0 Å². The second kappa shape index (κ2) is 3.13. The van der Waals surface area contributed by atoms with Crippen molar-refractivity contribution in [2.45, 2.75) is 64.6 Å². The fraction of sp³-hybridized carbons (Fsp3) is 0.867. The molecule has 0 bridgehead atoms. The predicted molar refractivity (Wildman–Crippen MR) is 66.3 cm³/mol. The van der Waals surface area contributed by atoms with Gasteiger partial charge >= 0.3 is 0 Å². The van der Waals surface area contributed by atoms with Gasteiger partial charge in [-0.2, -0.15) is 0 Å². The molecule has 0 aromatic rings. The molecule has 0 amide bonds. The Morgan fingerprint density at radius 3 is 2.69 bits per heavy atom. The van der Waals surface area contributed by atoms with Crippen LogP contribution in [0.4, 0.5) is 0 Å². The summed E-state index contributed by atoms with van der Waals surface area (Å²) in [6, 6.07) is 0. The van der Waals surface area contributed by atoms with Gasteiger partial charge in [-0.05, 0) is 56.3 Å². The van der Waals surface area contributed by atoms with Crippen LogP contribution < -0.4 is 0 Å². The molecule has 1 saturated heterocycles. The zero-order valence-corrected chi connectivity index (χ0v) is 10.9. The van der Waals surface area contributed by atoms with Gasteiger partial charge in [-0.25, -0.2) is 0 Å². The lowest BCUT2D eigenvalue weighted by Gasteiger charge is -2.53. The molecule has 2 unspecified atom stereocenters. The number of rotatable bonds is 0. The third kappa shape index (κ3) is 1.48. The molecule has 0 radical (unpaired) electrons. The van der Waals surface area contributed by atoms with Gasteiger partial charge in [0.1, 0.15) is 0 Å². The smallest absolute Gasteiger partial charge is 0.0920 e. The van der Waals surface area contributed by atoms with E-state index in [-0.39, 0.29) is 5.60 Å². The van der Waals surface area contributed by atoms with Crippen LogP contribution in [0.1, 0.15) is 52.9 Å². The van der Waals surface area contributed by atoms with Gasteiger partial charge in [0.2, 0.25) is 0 Å². The van der Waals surface area contributed by atoms with Crippen LogP contribution in [0.5, 0.6) is 0 Å². The van der Waals surface area contributed by atoms with Crippen molar-refractivity contribution < 1.29 is 4.74 Å². The fourth-order valence-electron chi connectivity index (χ4n) is 4.08. The number of ether oxygens (including phenoxy) is 1. The van der Waals surface area contributed by atoms with E-state index in [4.69, 9.17) is 4.74 Å². The van der Waals surface area contributed by atoms with E-state index in [0.29, 0.717) is 11.5 Å². The number of allylic oxidation sites excluding steroid dienone is 1. The van der Waals surface area contributed by atoms with Crippen LogP contribution in [0.15, 0.2) is 12.2 Å². The van der Waals surface area contributed by atoms with E-state index in [1.54, 1.807) is 0 Å². The van der Waals surface area contributed by atoms with Crippen molar-refractivity contribution in [2.75, 3.05) is 0 Å². The van der Waals surface area contributed by atoms with Crippen molar-refractivity contribution >= 4 is 0 Å². The Morgan fingerprint density at radius 2 is 2.00 bits per heavy atom. The molecule has 0 aromatic heterocycles. The first-order valence-electron chi connectivity index (χ1n) is 6.78. The molecule has 0 N–H and O–H groups in total. The first-order chi connectivity index (χ1) is 7.42. The van der Waals surface area contributed by atoms with E-state index < -0.39 is 0 Å². The summed E-state index contributed by atoms with van der Waals surface area (Å²) in [6.07, 6.45) is 6.89. The van der Waals surface area contributed by atoms with Crippen molar-refractivity contribution in [3.8, 4) is 0 Å². The Balaban J connectivity index is 1.78. The Labute approximate surface area is 99.3 Å². The van der Waals surface area contributed by atoms with E-state index in [1.165, 1.54) is 37.7 Å². The number of hydrogen-bond donors (Lipinski definition) is 0. The average molecular weight is 220 g/mol. The van der Waals surface area contributed by atoms with Gasteiger partial charge in [0.25, 0.3) is 0 Å². The van der Waals surface area contributed by atoms with Crippen molar-refractivity contribution in [3.63, 3.8) is 0 Å². The van der Waals surface area contributed by atoms with Crippen LogP contribution in [0.25, 0.3) is 0 Å². The Morgan fingerprint density at radius 1 is 1.25 bits per heavy atom. The van der Waals surface area contributed by atoms with Gasteiger partial charge in [-0.1, -0.05) is 26.0 Å². The molecular formula is C15H24O. The van der Waals surface area contributed by atoms with Gasteiger partial charge in [-0.15, -0.1) is 0 Å². The summed E-state index contributed by atoms with van der Waals surface area (Å²) in [5.74, 6) is 1.68. The molecule has 1 heterocycles. The quantitative estimate of drug-likeness (QED) is 0.445. The molecule has 3 rings (SSSR count). The monoisotopic (exact) mass is 220 g/mol. The highest BCUT2D eigenvalue weighted by Crippen LogP contribution is 2.59. The van der Waals surface area contributed by atoms with Gasteiger partial charge in [0.15, 0.2) is 0 Å². The van der Waals surface area contributed by atoms with Crippen LogP contribution in [0.3, 0.4) is 0 Å². The zero-order valence-electron chi connectivity index (χ0n) is 10.9. The highest BCUT2D eigenvalue weighted by molar-refractivity contribution is 5.16. The molecule has 1 aliphatic heterocycles. The second-order valence-corrected chi connectivity index (χ2v) is 7.06. The van der Waals surface area contributed by atoms with E-state index in [0.717, 1.165) is 11.8 Å². The van der Waals surface area contributed by atoms with Crippen molar-refractivity contribution in [3.05, 3.63) is 12.2 Å². The molecule has 16 heavy (non-hydrogen) atoms. The fourth-order valence-corrected chi connectivity index (χ4v) is 4.08. The summed E-state index contributed by atoms with van der Waals surface area (Å²) in [6.45, 7) is 11.5. The molecule has 0 spiro atoms. The lowest BCUT2D eigenvalue weighted by atomic mass is 9.52. The minimum absolute atomic E-state index is 0.223. The summed E-state index contributed by atoms with van der Waals surface area (Å²) < 4.78 is 5.86. The molecule has 2 saturated carbocycles. The Bertz CT molecular complexity index is 330. The highest BCUT2D eigenvalue weighted by Gasteiger charge is 2.55. The van der Waals surface area contributed by atoms with Gasteiger partial charge < -0.3 is 4.74 Å². The molecular weight excluding hydrogens is 196 g/mol. The largest absolute Gasteiger partial charge is 0.366 e. The highest BCUT2D eigenvalue weighted by atomic mass is 16.6. The normalized spacial score (nSPS) is 50.2.